The maximum absolute atomic E-state index is 4.23. The van der Waals surface area contributed by atoms with E-state index < -0.39 is 0 Å². The number of aryl methyl sites for hydroxylation is 1. The fraction of sp³-hybridized carbons (Fsp3) is 0.562. The Morgan fingerprint density at radius 1 is 1.05 bits per heavy atom. The third-order valence-corrected chi connectivity index (χ3v) is 3.12. The molecule has 1 aromatic rings. The molecule has 3 nitrogen and oxygen atoms in total. The predicted octanol–water partition coefficient (Wildman–Crippen LogP) is 3.54. The fourth-order valence-corrected chi connectivity index (χ4v) is 1.78. The van der Waals surface area contributed by atoms with Gasteiger partial charge >= 0.3 is 0 Å². The van der Waals surface area contributed by atoms with Crippen LogP contribution in [0.5, 0.6) is 0 Å². The molecule has 0 saturated carbocycles. The van der Waals surface area contributed by atoms with Crippen LogP contribution in [0.1, 0.15) is 37.8 Å². The second kappa shape index (κ2) is 10.0. The first-order valence-corrected chi connectivity index (χ1v) is 7.04. The lowest BCUT2D eigenvalue weighted by atomic mass is 10.0. The van der Waals surface area contributed by atoms with Crippen LogP contribution >= 0.6 is 24.0 Å². The van der Waals surface area contributed by atoms with Gasteiger partial charge in [-0.05, 0) is 24.3 Å². The molecular weight excluding hydrogens is 361 g/mol. The Morgan fingerprint density at radius 2 is 1.60 bits per heavy atom. The molecular formula is C16H28IN3. The van der Waals surface area contributed by atoms with Gasteiger partial charge < -0.3 is 10.6 Å². The van der Waals surface area contributed by atoms with Crippen molar-refractivity contribution in [1.82, 2.24) is 10.6 Å². The van der Waals surface area contributed by atoms with Gasteiger partial charge in [-0.3, -0.25) is 4.99 Å². The maximum Gasteiger partial charge on any atom is 0.191 e. The van der Waals surface area contributed by atoms with Crippen molar-refractivity contribution in [2.45, 2.75) is 33.6 Å². The molecule has 114 valence electrons. The third-order valence-electron chi connectivity index (χ3n) is 3.12. The highest BCUT2D eigenvalue weighted by Gasteiger charge is 2.06. The first kappa shape index (κ1) is 19.2. The smallest absolute Gasteiger partial charge is 0.191 e. The van der Waals surface area contributed by atoms with Crippen LogP contribution in [0.2, 0.25) is 0 Å². The van der Waals surface area contributed by atoms with Crippen molar-refractivity contribution in [2.75, 3.05) is 20.1 Å². The van der Waals surface area contributed by atoms with Crippen molar-refractivity contribution < 1.29 is 0 Å². The number of halogens is 1. The molecule has 0 bridgehead atoms. The number of benzene rings is 1. The normalized spacial score (nSPS) is 12.8. The van der Waals surface area contributed by atoms with Gasteiger partial charge in [0.25, 0.3) is 0 Å². The molecule has 0 amide bonds. The van der Waals surface area contributed by atoms with E-state index in [0.717, 1.165) is 19.0 Å². The van der Waals surface area contributed by atoms with Crippen molar-refractivity contribution in [1.29, 1.82) is 0 Å². The zero-order chi connectivity index (χ0) is 14.3. The van der Waals surface area contributed by atoms with Crippen LogP contribution in [0.4, 0.5) is 0 Å². The largest absolute Gasteiger partial charge is 0.356 e. The zero-order valence-corrected chi connectivity index (χ0v) is 15.6. The fourth-order valence-electron chi connectivity index (χ4n) is 1.78. The van der Waals surface area contributed by atoms with Crippen LogP contribution in [0.3, 0.4) is 0 Å². The minimum Gasteiger partial charge on any atom is -0.356 e. The van der Waals surface area contributed by atoms with Gasteiger partial charge in [-0.15, -0.1) is 24.0 Å². The van der Waals surface area contributed by atoms with E-state index in [4.69, 9.17) is 0 Å². The Labute approximate surface area is 140 Å². The summed E-state index contributed by atoms with van der Waals surface area (Å²) in [6, 6.07) is 8.73. The molecule has 0 aromatic heterocycles. The van der Waals surface area contributed by atoms with E-state index >= 15 is 0 Å². The summed E-state index contributed by atoms with van der Waals surface area (Å²) in [7, 11) is 1.81. The SMILES string of the molecule is CN=C(NCC(C)C)NCC(C)c1ccc(C)cc1.I. The molecule has 2 N–H and O–H groups in total. The van der Waals surface area contributed by atoms with Crippen molar-refractivity contribution in [3.8, 4) is 0 Å². The van der Waals surface area contributed by atoms with Crippen LogP contribution in [-0.2, 0) is 0 Å². The highest BCUT2D eigenvalue weighted by molar-refractivity contribution is 14.0. The lowest BCUT2D eigenvalue weighted by Crippen LogP contribution is -2.40. The molecule has 1 unspecified atom stereocenters. The number of nitrogens with zero attached hydrogens (tertiary/aromatic N) is 1. The second-order valence-corrected chi connectivity index (χ2v) is 5.54. The number of guanidine groups is 1. The van der Waals surface area contributed by atoms with Crippen LogP contribution in [-0.4, -0.2) is 26.1 Å². The van der Waals surface area contributed by atoms with Gasteiger partial charge in [0.1, 0.15) is 0 Å². The quantitative estimate of drug-likeness (QED) is 0.459. The average Bonchev–Trinajstić information content (AvgIpc) is 2.39. The highest BCUT2D eigenvalue weighted by Crippen LogP contribution is 2.14. The number of aliphatic imine (C=N–C) groups is 1. The van der Waals surface area contributed by atoms with Crippen molar-refractivity contribution >= 4 is 29.9 Å². The Balaban J connectivity index is 0.00000361. The van der Waals surface area contributed by atoms with E-state index in [-0.39, 0.29) is 24.0 Å². The van der Waals surface area contributed by atoms with Crippen LogP contribution in [0.15, 0.2) is 29.3 Å². The van der Waals surface area contributed by atoms with Gasteiger partial charge in [0, 0.05) is 20.1 Å². The minimum atomic E-state index is 0. The summed E-state index contributed by atoms with van der Waals surface area (Å²) in [5.41, 5.74) is 2.66. The predicted molar refractivity (Wildman–Crippen MR) is 99.2 cm³/mol. The monoisotopic (exact) mass is 389 g/mol. The minimum absolute atomic E-state index is 0. The highest BCUT2D eigenvalue weighted by atomic mass is 127. The topological polar surface area (TPSA) is 36.4 Å². The van der Waals surface area contributed by atoms with Crippen LogP contribution < -0.4 is 10.6 Å². The molecule has 0 aliphatic carbocycles. The van der Waals surface area contributed by atoms with E-state index in [1.54, 1.807) is 0 Å². The molecule has 0 radical (unpaired) electrons. The molecule has 0 aliphatic rings. The summed E-state index contributed by atoms with van der Waals surface area (Å²) in [4.78, 5) is 4.23. The Kier molecular flexibility index (Phi) is 9.63. The molecule has 1 atom stereocenters. The second-order valence-electron chi connectivity index (χ2n) is 5.54. The summed E-state index contributed by atoms with van der Waals surface area (Å²) >= 11 is 0. The lowest BCUT2D eigenvalue weighted by Gasteiger charge is -2.17. The van der Waals surface area contributed by atoms with Crippen molar-refractivity contribution in [3.63, 3.8) is 0 Å². The van der Waals surface area contributed by atoms with E-state index in [1.165, 1.54) is 11.1 Å². The third kappa shape index (κ3) is 7.12. The molecule has 0 aliphatic heterocycles. The van der Waals surface area contributed by atoms with E-state index in [0.29, 0.717) is 11.8 Å². The summed E-state index contributed by atoms with van der Waals surface area (Å²) < 4.78 is 0. The zero-order valence-electron chi connectivity index (χ0n) is 13.2. The van der Waals surface area contributed by atoms with Crippen molar-refractivity contribution in [3.05, 3.63) is 35.4 Å². The number of nitrogens with one attached hydrogen (secondary N) is 2. The number of rotatable bonds is 5. The first-order chi connectivity index (χ1) is 9.02. The summed E-state index contributed by atoms with van der Waals surface area (Å²) in [5.74, 6) is 1.97. The summed E-state index contributed by atoms with van der Waals surface area (Å²) in [6.07, 6.45) is 0. The van der Waals surface area contributed by atoms with Crippen LogP contribution in [0.25, 0.3) is 0 Å². The average molecular weight is 389 g/mol. The van der Waals surface area contributed by atoms with Gasteiger partial charge in [-0.25, -0.2) is 0 Å². The Bertz CT molecular complexity index is 399. The van der Waals surface area contributed by atoms with Gasteiger partial charge in [-0.2, -0.15) is 0 Å². The van der Waals surface area contributed by atoms with Gasteiger partial charge in [-0.1, -0.05) is 50.6 Å². The molecule has 0 spiro atoms. The molecule has 0 heterocycles. The van der Waals surface area contributed by atoms with Crippen LogP contribution in [0, 0.1) is 12.8 Å². The Hall–Kier alpha value is -0.780. The van der Waals surface area contributed by atoms with Gasteiger partial charge in [0.05, 0.1) is 0 Å². The molecule has 0 saturated heterocycles. The molecule has 1 aromatic carbocycles. The van der Waals surface area contributed by atoms with Gasteiger partial charge in [0.15, 0.2) is 5.96 Å². The molecule has 0 fully saturated rings. The van der Waals surface area contributed by atoms with E-state index in [1.807, 2.05) is 7.05 Å². The van der Waals surface area contributed by atoms with E-state index in [2.05, 4.69) is 67.6 Å². The summed E-state index contributed by atoms with van der Waals surface area (Å²) in [5, 5.41) is 6.70. The van der Waals surface area contributed by atoms with E-state index in [9.17, 15) is 0 Å². The number of hydrogen-bond acceptors (Lipinski definition) is 1. The maximum atomic E-state index is 4.23. The first-order valence-electron chi connectivity index (χ1n) is 7.04. The lowest BCUT2D eigenvalue weighted by molar-refractivity contribution is 0.609. The molecule has 4 heteroatoms. The Morgan fingerprint density at radius 3 is 2.10 bits per heavy atom. The number of hydrogen-bond donors (Lipinski definition) is 2. The van der Waals surface area contributed by atoms with Gasteiger partial charge in [0.2, 0.25) is 0 Å². The molecule has 1 rings (SSSR count). The summed E-state index contributed by atoms with van der Waals surface area (Å²) in [6.45, 7) is 10.6. The van der Waals surface area contributed by atoms with Crippen molar-refractivity contribution in [2.24, 2.45) is 10.9 Å². The molecule has 20 heavy (non-hydrogen) atoms. The standard InChI is InChI=1S/C16H27N3.HI/c1-12(2)10-18-16(17-5)19-11-14(4)15-8-6-13(3)7-9-15;/h6-9,12,14H,10-11H2,1-5H3,(H2,17,18,19);1H.